The van der Waals surface area contributed by atoms with Crippen LogP contribution in [-0.4, -0.2) is 45.9 Å². The molecule has 0 atom stereocenters. The summed E-state index contributed by atoms with van der Waals surface area (Å²) < 4.78 is 0. The first-order valence-electron chi connectivity index (χ1n) is 8.76. The maximum atomic E-state index is 12.5. The number of hydrogen-bond donors (Lipinski definition) is 3. The molecule has 1 fully saturated rings. The number of piperidine rings is 1. The summed E-state index contributed by atoms with van der Waals surface area (Å²) in [6, 6.07) is 3.51. The Morgan fingerprint density at radius 1 is 1.29 bits per heavy atom. The lowest BCUT2D eigenvalue weighted by Crippen LogP contribution is -2.45. The summed E-state index contributed by atoms with van der Waals surface area (Å²) in [6.07, 6.45) is 1.49. The molecule has 3 rings (SSSR count). The van der Waals surface area contributed by atoms with Crippen LogP contribution in [0.4, 0.5) is 5.82 Å². The van der Waals surface area contributed by atoms with E-state index in [2.05, 4.69) is 25.3 Å². The van der Waals surface area contributed by atoms with Gasteiger partial charge in [-0.15, -0.1) is 0 Å². The molecule has 3 N–H and O–H groups in total. The van der Waals surface area contributed by atoms with E-state index in [1.54, 1.807) is 19.9 Å². The molecule has 0 saturated carbocycles. The van der Waals surface area contributed by atoms with Gasteiger partial charge in [-0.2, -0.15) is 0 Å². The van der Waals surface area contributed by atoms with Gasteiger partial charge in [0.25, 0.3) is 5.91 Å². The van der Waals surface area contributed by atoms with Crippen LogP contribution in [-0.2, 0) is 0 Å². The average molecular weight is 445 g/mol. The number of aromatic nitrogens is 2. The molecule has 1 saturated heterocycles. The average Bonchev–Trinajstić information content (AvgIpc) is 2.95. The van der Waals surface area contributed by atoms with Gasteiger partial charge in [-0.05, 0) is 38.8 Å². The lowest BCUT2D eigenvalue weighted by molar-refractivity contribution is 0.0926. The first kappa shape index (κ1) is 20.8. The topological polar surface area (TPSA) is 93.6 Å². The van der Waals surface area contributed by atoms with Gasteiger partial charge in [0, 0.05) is 30.4 Å². The fraction of sp³-hybridized carbons (Fsp3) is 0.389. The molecule has 10 heteroatoms. The summed E-state index contributed by atoms with van der Waals surface area (Å²) in [5, 5.41) is 16.1. The minimum atomic E-state index is -0.267. The Morgan fingerprint density at radius 2 is 1.96 bits per heavy atom. The van der Waals surface area contributed by atoms with Crippen LogP contribution in [0.1, 0.15) is 41.5 Å². The van der Waals surface area contributed by atoms with Crippen molar-refractivity contribution in [1.29, 1.82) is 0 Å². The molecular weight excluding hydrogens is 425 g/mol. The third kappa shape index (κ3) is 4.37. The number of aryl methyl sites for hydroxylation is 1. The third-order valence-electron chi connectivity index (χ3n) is 4.78. The number of hydrogen-bond acceptors (Lipinski definition) is 5. The van der Waals surface area contributed by atoms with Crippen molar-refractivity contribution in [3.63, 3.8) is 0 Å². The molecule has 3 heterocycles. The minimum absolute atomic E-state index is 0.0154. The second-order valence-corrected chi connectivity index (χ2v) is 7.85. The third-order valence-corrected chi connectivity index (χ3v) is 5.92. The number of halogens is 3. The van der Waals surface area contributed by atoms with E-state index in [0.29, 0.717) is 46.1 Å². The molecule has 0 spiro atoms. The molecule has 0 radical (unpaired) electrons. The van der Waals surface area contributed by atoms with E-state index >= 15 is 0 Å². The van der Waals surface area contributed by atoms with Gasteiger partial charge in [0.15, 0.2) is 0 Å². The highest BCUT2D eigenvalue weighted by Crippen LogP contribution is 2.29. The normalized spacial score (nSPS) is 15.8. The number of H-pyrrole nitrogens is 1. The number of nitrogens with one attached hydrogen (secondary N) is 2. The molecule has 150 valence electrons. The van der Waals surface area contributed by atoms with Crippen molar-refractivity contribution in [1.82, 2.24) is 15.3 Å². The van der Waals surface area contributed by atoms with E-state index in [4.69, 9.17) is 40.0 Å². The Labute approximate surface area is 177 Å². The molecular formula is C18H20Cl3N5O2. The van der Waals surface area contributed by atoms with Crippen LogP contribution in [0.5, 0.6) is 0 Å². The fourth-order valence-electron chi connectivity index (χ4n) is 3.15. The zero-order valence-corrected chi connectivity index (χ0v) is 17.7. The number of carbonyl (C=O) groups is 1. The number of aromatic amines is 1. The van der Waals surface area contributed by atoms with Crippen molar-refractivity contribution in [3.8, 4) is 0 Å². The monoisotopic (exact) mass is 443 g/mol. The van der Waals surface area contributed by atoms with Gasteiger partial charge >= 0.3 is 0 Å². The number of rotatable bonds is 4. The Kier molecular flexibility index (Phi) is 6.37. The van der Waals surface area contributed by atoms with Crippen LogP contribution in [0.25, 0.3) is 0 Å². The summed E-state index contributed by atoms with van der Waals surface area (Å²) in [4.78, 5) is 21.9. The number of oxime groups is 1. The summed E-state index contributed by atoms with van der Waals surface area (Å²) >= 11 is 18.3. The van der Waals surface area contributed by atoms with Crippen molar-refractivity contribution in [2.45, 2.75) is 32.7 Å². The smallest absolute Gasteiger partial charge is 0.269 e. The first-order chi connectivity index (χ1) is 13.3. The van der Waals surface area contributed by atoms with E-state index in [-0.39, 0.29) is 22.7 Å². The van der Waals surface area contributed by atoms with Crippen molar-refractivity contribution in [2.75, 3.05) is 18.0 Å². The van der Waals surface area contributed by atoms with Crippen molar-refractivity contribution < 1.29 is 10.0 Å². The lowest BCUT2D eigenvalue weighted by atomic mass is 10.0. The summed E-state index contributed by atoms with van der Waals surface area (Å²) in [5.41, 5.74) is 2.12. The standard InChI is InChI=1S/C18H20Cl3N5O2/c1-9(25-28)11-7-13(19)24-14(8-11)26-5-3-12(4-6-26)23-18(27)17-16(21)15(20)10(2)22-17/h7-8,12,22,28H,3-6H2,1-2H3,(H,23,27)/b25-9-. The molecule has 1 aliphatic heterocycles. The molecule has 0 aromatic carbocycles. The van der Waals surface area contributed by atoms with E-state index in [1.807, 2.05) is 6.07 Å². The lowest BCUT2D eigenvalue weighted by Gasteiger charge is -2.33. The minimum Gasteiger partial charge on any atom is -0.411 e. The Morgan fingerprint density at radius 3 is 2.54 bits per heavy atom. The van der Waals surface area contributed by atoms with Crippen molar-refractivity contribution in [2.24, 2.45) is 5.16 Å². The molecule has 2 aromatic heterocycles. The largest absolute Gasteiger partial charge is 0.411 e. The molecule has 0 unspecified atom stereocenters. The molecule has 1 amide bonds. The number of amides is 1. The highest BCUT2D eigenvalue weighted by molar-refractivity contribution is 6.44. The van der Waals surface area contributed by atoms with Crippen molar-refractivity contribution >= 4 is 52.2 Å². The number of nitrogens with zero attached hydrogens (tertiary/aromatic N) is 3. The molecule has 1 aliphatic rings. The van der Waals surface area contributed by atoms with Crippen LogP contribution in [0.2, 0.25) is 15.2 Å². The van der Waals surface area contributed by atoms with Gasteiger partial charge in [0.05, 0.1) is 15.8 Å². The highest BCUT2D eigenvalue weighted by atomic mass is 35.5. The molecule has 0 bridgehead atoms. The zero-order valence-electron chi connectivity index (χ0n) is 15.4. The molecule has 0 aliphatic carbocycles. The van der Waals surface area contributed by atoms with Gasteiger partial charge in [-0.1, -0.05) is 40.0 Å². The SMILES string of the molecule is C/C(=N/O)c1cc(Cl)nc(N2CCC(NC(=O)c3[nH]c(C)c(Cl)c3Cl)CC2)c1. The Bertz CT molecular complexity index is 920. The summed E-state index contributed by atoms with van der Waals surface area (Å²) in [7, 11) is 0. The highest BCUT2D eigenvalue weighted by Gasteiger charge is 2.25. The quantitative estimate of drug-likeness (QED) is 0.284. The second-order valence-electron chi connectivity index (χ2n) is 6.71. The van der Waals surface area contributed by atoms with Crippen LogP contribution in [0.3, 0.4) is 0 Å². The summed E-state index contributed by atoms with van der Waals surface area (Å²) in [5.74, 6) is 0.446. The second kappa shape index (κ2) is 8.59. The number of anilines is 1. The number of pyridine rings is 1. The Balaban J connectivity index is 1.64. The first-order valence-corrected chi connectivity index (χ1v) is 9.89. The van der Waals surface area contributed by atoms with Crippen LogP contribution in [0, 0.1) is 6.92 Å². The van der Waals surface area contributed by atoms with E-state index in [0.717, 1.165) is 12.8 Å². The number of carbonyl (C=O) groups excluding carboxylic acids is 1. The van der Waals surface area contributed by atoms with Gasteiger partial charge < -0.3 is 20.4 Å². The maximum absolute atomic E-state index is 12.5. The van der Waals surface area contributed by atoms with Crippen molar-refractivity contribution in [3.05, 3.63) is 44.3 Å². The van der Waals surface area contributed by atoms with E-state index in [1.165, 1.54) is 0 Å². The summed E-state index contributed by atoms with van der Waals surface area (Å²) in [6.45, 7) is 4.85. The molecule has 2 aromatic rings. The van der Waals surface area contributed by atoms with Gasteiger partial charge in [-0.3, -0.25) is 4.79 Å². The maximum Gasteiger partial charge on any atom is 0.269 e. The van der Waals surface area contributed by atoms with Gasteiger partial charge in [0.1, 0.15) is 16.7 Å². The predicted octanol–water partition coefficient (Wildman–Crippen LogP) is 4.28. The van der Waals surface area contributed by atoms with E-state index < -0.39 is 0 Å². The fourth-order valence-corrected chi connectivity index (χ4v) is 3.77. The van der Waals surface area contributed by atoms with Crippen LogP contribution in [0.15, 0.2) is 17.3 Å². The molecule has 28 heavy (non-hydrogen) atoms. The Hall–Kier alpha value is -1.96. The van der Waals surface area contributed by atoms with Crippen LogP contribution >= 0.6 is 34.8 Å². The predicted molar refractivity (Wildman–Crippen MR) is 111 cm³/mol. The molecule has 7 nitrogen and oxygen atoms in total. The zero-order chi connectivity index (χ0) is 20.4. The van der Waals surface area contributed by atoms with E-state index in [9.17, 15) is 4.79 Å². The van der Waals surface area contributed by atoms with Gasteiger partial charge in [0.2, 0.25) is 0 Å². The van der Waals surface area contributed by atoms with Gasteiger partial charge in [-0.25, -0.2) is 4.98 Å². The van der Waals surface area contributed by atoms with Crippen LogP contribution < -0.4 is 10.2 Å².